The second kappa shape index (κ2) is 8.14. The molecule has 1 aromatic carbocycles. The summed E-state index contributed by atoms with van der Waals surface area (Å²) in [7, 11) is -4.03. The van der Waals surface area contributed by atoms with Gasteiger partial charge < -0.3 is 0 Å². The van der Waals surface area contributed by atoms with Gasteiger partial charge in [-0.2, -0.15) is 36.1 Å². The lowest BCUT2D eigenvalue weighted by atomic mass is 10.1. The van der Waals surface area contributed by atoms with Crippen molar-refractivity contribution in [2.75, 3.05) is 5.75 Å². The van der Waals surface area contributed by atoms with Crippen LogP contribution in [0, 0.1) is 0 Å². The monoisotopic (exact) mass is 518 g/mol. The molecule has 0 aliphatic rings. The molecular weight excluding hydrogens is 506 g/mol. The van der Waals surface area contributed by atoms with Crippen LogP contribution < -0.4 is 5.56 Å². The highest BCUT2D eigenvalue weighted by atomic mass is 32.2. The van der Waals surface area contributed by atoms with Gasteiger partial charge in [0.2, 0.25) is 0 Å². The van der Waals surface area contributed by atoms with Crippen molar-refractivity contribution in [3.63, 3.8) is 0 Å². The van der Waals surface area contributed by atoms with Crippen molar-refractivity contribution in [1.29, 1.82) is 0 Å². The van der Waals surface area contributed by atoms with E-state index in [4.69, 9.17) is 0 Å². The molecule has 0 atom stereocenters. The molecule has 0 aliphatic heterocycles. The third kappa shape index (κ3) is 4.48. The van der Waals surface area contributed by atoms with E-state index in [1.165, 1.54) is 6.92 Å². The van der Waals surface area contributed by atoms with Crippen LogP contribution in [0.3, 0.4) is 0 Å². The van der Waals surface area contributed by atoms with Gasteiger partial charge in [0.05, 0.1) is 22.9 Å². The smallest absolute Gasteiger partial charge is 0.267 e. The molecule has 0 saturated carbocycles. The number of alkyl halides is 6. The van der Waals surface area contributed by atoms with E-state index in [-0.39, 0.29) is 16.6 Å². The Bertz CT molecular complexity index is 1610. The lowest BCUT2D eigenvalue weighted by Gasteiger charge is -2.13. The number of benzene rings is 1. The summed E-state index contributed by atoms with van der Waals surface area (Å²) >= 11 is 0. The molecule has 184 valence electrons. The lowest BCUT2D eigenvalue weighted by molar-refractivity contribution is -0.144. The maximum Gasteiger partial charge on any atom is 0.453 e. The van der Waals surface area contributed by atoms with Crippen molar-refractivity contribution < 1.29 is 34.8 Å². The Hall–Kier alpha value is -3.82. The molecule has 0 spiro atoms. The maximum atomic E-state index is 13.0. The van der Waals surface area contributed by atoms with E-state index in [9.17, 15) is 39.6 Å². The van der Waals surface area contributed by atoms with E-state index in [0.717, 1.165) is 24.4 Å². The largest absolute Gasteiger partial charge is 0.453 e. The third-order valence-corrected chi connectivity index (χ3v) is 6.58. The fourth-order valence-corrected chi connectivity index (χ4v) is 4.08. The summed E-state index contributed by atoms with van der Waals surface area (Å²) in [5, 5.41) is 6.64. The Morgan fingerprint density at radius 1 is 1.00 bits per heavy atom. The molecule has 0 bridgehead atoms. The molecule has 4 rings (SSSR count). The van der Waals surface area contributed by atoms with E-state index in [2.05, 4.69) is 20.2 Å². The molecule has 0 saturated heterocycles. The first-order chi connectivity index (χ1) is 16.2. The second-order valence-electron chi connectivity index (χ2n) is 7.07. The number of sulfone groups is 1. The van der Waals surface area contributed by atoms with Gasteiger partial charge in [-0.1, -0.05) is 6.92 Å². The van der Waals surface area contributed by atoms with Crippen LogP contribution in [0.5, 0.6) is 0 Å². The summed E-state index contributed by atoms with van der Waals surface area (Å²) in [4.78, 5) is 19.7. The van der Waals surface area contributed by atoms with Gasteiger partial charge in [0, 0.05) is 5.39 Å². The number of halogens is 6. The molecule has 4 aromatic rings. The summed E-state index contributed by atoms with van der Waals surface area (Å²) in [6.07, 6.45) is -7.92. The van der Waals surface area contributed by atoms with Crippen molar-refractivity contribution in [1.82, 2.24) is 29.5 Å². The van der Waals surface area contributed by atoms with E-state index in [0.29, 0.717) is 27.8 Å². The fourth-order valence-electron chi connectivity index (χ4n) is 3.08. The van der Waals surface area contributed by atoms with Crippen LogP contribution in [0.4, 0.5) is 26.3 Å². The highest BCUT2D eigenvalue weighted by molar-refractivity contribution is 7.91. The van der Waals surface area contributed by atoms with E-state index in [1.807, 2.05) is 0 Å². The first-order valence-corrected chi connectivity index (χ1v) is 11.2. The topological polar surface area (TPSA) is 113 Å². The summed E-state index contributed by atoms with van der Waals surface area (Å²) < 4.78 is 104. The zero-order chi connectivity index (χ0) is 25.8. The third-order valence-electron chi connectivity index (χ3n) is 4.83. The van der Waals surface area contributed by atoms with Gasteiger partial charge in [-0.25, -0.2) is 23.1 Å². The average Bonchev–Trinajstić information content (AvgIpc) is 3.29. The van der Waals surface area contributed by atoms with E-state index in [1.54, 1.807) is 0 Å². The molecule has 35 heavy (non-hydrogen) atoms. The standard InChI is InChI=1S/C19H12F6N6O3S/c1-2-35(33,34)13-5-6-14(30-9-26-17(29-30)19(23,24)25)28-15(13)31-16(32)12-4-3-11(18(20,21)22)7-10(12)8-27-31/h3-9H,2H2,1H3. The lowest BCUT2D eigenvalue weighted by Crippen LogP contribution is -2.25. The number of nitrogens with zero attached hydrogens (tertiary/aromatic N) is 6. The average molecular weight is 518 g/mol. The quantitative estimate of drug-likeness (QED) is 0.382. The summed E-state index contributed by atoms with van der Waals surface area (Å²) in [5.74, 6) is -2.79. The van der Waals surface area contributed by atoms with Gasteiger partial charge in [-0.15, -0.1) is 5.10 Å². The Morgan fingerprint density at radius 2 is 1.71 bits per heavy atom. The Balaban J connectivity index is 1.95. The Morgan fingerprint density at radius 3 is 2.31 bits per heavy atom. The minimum atomic E-state index is -4.86. The normalized spacial score (nSPS) is 12.9. The Labute approximate surface area is 191 Å². The molecule has 9 nitrogen and oxygen atoms in total. The summed E-state index contributed by atoms with van der Waals surface area (Å²) in [6, 6.07) is 4.36. The number of rotatable bonds is 4. The van der Waals surface area contributed by atoms with Crippen LogP contribution in [0.15, 0.2) is 52.5 Å². The van der Waals surface area contributed by atoms with Gasteiger partial charge in [-0.05, 0) is 30.3 Å². The van der Waals surface area contributed by atoms with E-state index < -0.39 is 55.6 Å². The van der Waals surface area contributed by atoms with Crippen LogP contribution in [0.2, 0.25) is 0 Å². The zero-order valence-electron chi connectivity index (χ0n) is 17.3. The predicted octanol–water partition coefficient (Wildman–Crippen LogP) is 3.19. The molecule has 0 fully saturated rings. The second-order valence-corrected chi connectivity index (χ2v) is 9.31. The predicted molar refractivity (Wildman–Crippen MR) is 108 cm³/mol. The molecule has 0 radical (unpaired) electrons. The SMILES string of the molecule is CCS(=O)(=O)c1ccc(-n2cnc(C(F)(F)F)n2)nc1-n1ncc2cc(C(F)(F)F)ccc2c1=O. The molecule has 0 N–H and O–H groups in total. The molecule has 0 unspecified atom stereocenters. The summed E-state index contributed by atoms with van der Waals surface area (Å²) in [6.45, 7) is 1.31. The zero-order valence-corrected chi connectivity index (χ0v) is 18.1. The van der Waals surface area contributed by atoms with Crippen LogP contribution in [-0.2, 0) is 22.2 Å². The Kier molecular flexibility index (Phi) is 5.65. The van der Waals surface area contributed by atoms with Gasteiger partial charge in [0.1, 0.15) is 11.2 Å². The van der Waals surface area contributed by atoms with Crippen molar-refractivity contribution in [3.05, 3.63) is 64.6 Å². The fraction of sp³-hybridized carbons (Fsp3) is 0.211. The van der Waals surface area contributed by atoms with Gasteiger partial charge in [0.15, 0.2) is 21.5 Å². The van der Waals surface area contributed by atoms with Crippen LogP contribution in [0.1, 0.15) is 18.3 Å². The van der Waals surface area contributed by atoms with Gasteiger partial charge in [0.25, 0.3) is 11.4 Å². The molecular formula is C19H12F6N6O3S. The first-order valence-electron chi connectivity index (χ1n) is 9.55. The van der Waals surface area contributed by atoms with Gasteiger partial charge in [-0.3, -0.25) is 4.79 Å². The highest BCUT2D eigenvalue weighted by Gasteiger charge is 2.36. The number of aromatic nitrogens is 6. The molecule has 16 heteroatoms. The van der Waals surface area contributed by atoms with E-state index >= 15 is 0 Å². The first kappa shape index (κ1) is 24.3. The van der Waals surface area contributed by atoms with Crippen molar-refractivity contribution >= 4 is 20.6 Å². The minimum Gasteiger partial charge on any atom is -0.267 e. The van der Waals surface area contributed by atoms with Crippen LogP contribution in [0.25, 0.3) is 22.4 Å². The maximum absolute atomic E-state index is 13.0. The molecule has 0 amide bonds. The molecule has 0 aliphatic carbocycles. The number of hydrogen-bond donors (Lipinski definition) is 0. The van der Waals surface area contributed by atoms with Gasteiger partial charge >= 0.3 is 12.4 Å². The van der Waals surface area contributed by atoms with Crippen molar-refractivity contribution in [2.45, 2.75) is 24.2 Å². The summed E-state index contributed by atoms with van der Waals surface area (Å²) in [5.41, 5.74) is -2.02. The number of pyridine rings is 1. The minimum absolute atomic E-state index is 0.164. The van der Waals surface area contributed by atoms with Crippen LogP contribution in [-0.4, -0.2) is 43.7 Å². The van der Waals surface area contributed by atoms with Crippen molar-refractivity contribution in [3.8, 4) is 11.6 Å². The highest BCUT2D eigenvalue weighted by Crippen LogP contribution is 2.31. The van der Waals surface area contributed by atoms with Crippen molar-refractivity contribution in [2.24, 2.45) is 0 Å². The molecule has 3 aromatic heterocycles. The molecule has 3 heterocycles. The van der Waals surface area contributed by atoms with Crippen LogP contribution >= 0.6 is 0 Å². The number of hydrogen-bond acceptors (Lipinski definition) is 7. The number of fused-ring (bicyclic) bond motifs is 1.